The van der Waals surface area contributed by atoms with Gasteiger partial charge < -0.3 is 20.5 Å². The number of rotatable bonds is 7. The van der Waals surface area contributed by atoms with Crippen LogP contribution >= 0.6 is 11.6 Å². The minimum absolute atomic E-state index is 0.301. The molecular weight excluding hydrogens is 288 g/mol. The number of alkyl halides is 1. The van der Waals surface area contributed by atoms with Crippen LogP contribution in [-0.2, 0) is 4.74 Å². The van der Waals surface area contributed by atoms with Gasteiger partial charge in [0.25, 0.3) is 0 Å². The van der Waals surface area contributed by atoms with Gasteiger partial charge in [-0.2, -0.15) is 0 Å². The molecule has 2 aliphatic rings. The third-order valence-electron chi connectivity index (χ3n) is 4.95. The lowest BCUT2D eigenvalue weighted by Crippen LogP contribution is -2.38. The van der Waals surface area contributed by atoms with Crippen LogP contribution in [0.5, 0.6) is 0 Å². The van der Waals surface area contributed by atoms with E-state index in [0.29, 0.717) is 24.0 Å². The number of hydrogen-bond donors (Lipinski definition) is 2. The third-order valence-corrected chi connectivity index (χ3v) is 5.38. The van der Waals surface area contributed by atoms with Crippen LogP contribution in [0, 0.1) is 5.92 Å². The first-order valence-electron chi connectivity index (χ1n) is 8.53. The van der Waals surface area contributed by atoms with Crippen molar-refractivity contribution in [1.82, 2.24) is 4.90 Å². The second-order valence-corrected chi connectivity index (χ2v) is 7.29. The Morgan fingerprint density at radius 1 is 1.14 bits per heavy atom. The number of nitrogens with two attached hydrogens (primary N) is 1. The summed E-state index contributed by atoms with van der Waals surface area (Å²) in [5.41, 5.74) is 5.71. The predicted octanol–water partition coefficient (Wildman–Crippen LogP) is 1.97. The summed E-state index contributed by atoms with van der Waals surface area (Å²) < 4.78 is 5.82. The fourth-order valence-corrected chi connectivity index (χ4v) is 3.55. The van der Waals surface area contributed by atoms with Crippen LogP contribution in [0.25, 0.3) is 0 Å². The van der Waals surface area contributed by atoms with Crippen molar-refractivity contribution in [3.8, 4) is 0 Å². The number of piperidine rings is 1. The molecule has 1 saturated carbocycles. The minimum atomic E-state index is -0.342. The summed E-state index contributed by atoms with van der Waals surface area (Å²) in [6, 6.07) is 0. The van der Waals surface area contributed by atoms with E-state index in [4.69, 9.17) is 22.1 Å². The van der Waals surface area contributed by atoms with E-state index in [-0.39, 0.29) is 6.10 Å². The first-order chi connectivity index (χ1) is 10.2. The summed E-state index contributed by atoms with van der Waals surface area (Å²) in [5, 5.41) is 10.4. The summed E-state index contributed by atoms with van der Waals surface area (Å²) in [6.07, 6.45) is 7.31. The van der Waals surface area contributed by atoms with E-state index in [9.17, 15) is 5.11 Å². The highest BCUT2D eigenvalue weighted by molar-refractivity contribution is 6.20. The molecule has 5 heteroatoms. The molecule has 0 aromatic carbocycles. The van der Waals surface area contributed by atoms with Crippen molar-refractivity contribution in [2.24, 2.45) is 11.7 Å². The van der Waals surface area contributed by atoms with E-state index in [1.807, 2.05) is 0 Å². The van der Waals surface area contributed by atoms with Gasteiger partial charge in [0, 0.05) is 11.9 Å². The second-order valence-electron chi connectivity index (χ2n) is 6.67. The van der Waals surface area contributed by atoms with E-state index in [1.165, 1.54) is 12.8 Å². The maximum atomic E-state index is 10.1. The highest BCUT2D eigenvalue weighted by atomic mass is 35.5. The molecule has 1 aliphatic heterocycles. The molecule has 2 rings (SSSR count). The van der Waals surface area contributed by atoms with Crippen LogP contribution in [0.4, 0.5) is 0 Å². The van der Waals surface area contributed by atoms with E-state index < -0.39 is 0 Å². The van der Waals surface area contributed by atoms with Crippen molar-refractivity contribution < 1.29 is 9.84 Å². The first-order valence-corrected chi connectivity index (χ1v) is 8.97. The molecule has 1 aliphatic carbocycles. The van der Waals surface area contributed by atoms with Crippen molar-refractivity contribution in [1.29, 1.82) is 0 Å². The molecule has 0 spiro atoms. The van der Waals surface area contributed by atoms with E-state index in [2.05, 4.69) is 4.90 Å². The van der Waals surface area contributed by atoms with Crippen LogP contribution in [-0.4, -0.2) is 60.4 Å². The molecule has 124 valence electrons. The third kappa shape index (κ3) is 6.41. The number of hydrogen-bond acceptors (Lipinski definition) is 4. The summed E-state index contributed by atoms with van der Waals surface area (Å²) in [5.74, 6) is 0.701. The normalized spacial score (nSPS) is 30.4. The zero-order valence-corrected chi connectivity index (χ0v) is 13.8. The molecule has 0 radical (unpaired) electrons. The lowest BCUT2D eigenvalue weighted by atomic mass is 9.97. The molecule has 2 fully saturated rings. The second kappa shape index (κ2) is 9.31. The zero-order chi connectivity index (χ0) is 15.1. The molecule has 4 nitrogen and oxygen atoms in total. The molecule has 1 saturated heterocycles. The van der Waals surface area contributed by atoms with E-state index >= 15 is 0 Å². The molecule has 1 unspecified atom stereocenters. The minimum Gasteiger partial charge on any atom is -0.391 e. The van der Waals surface area contributed by atoms with E-state index in [1.54, 1.807) is 0 Å². The van der Waals surface area contributed by atoms with Gasteiger partial charge in [0.15, 0.2) is 0 Å². The average Bonchev–Trinajstić information content (AvgIpc) is 2.53. The quantitative estimate of drug-likeness (QED) is 0.705. The lowest BCUT2D eigenvalue weighted by Gasteiger charge is -2.32. The number of likely N-dealkylation sites (tertiary alicyclic amines) is 1. The molecule has 21 heavy (non-hydrogen) atoms. The average molecular weight is 319 g/mol. The Hall–Kier alpha value is 0.130. The maximum Gasteiger partial charge on any atom is 0.0786 e. The van der Waals surface area contributed by atoms with Crippen molar-refractivity contribution in [3.63, 3.8) is 0 Å². The van der Waals surface area contributed by atoms with Crippen LogP contribution in [0.1, 0.15) is 44.9 Å². The van der Waals surface area contributed by atoms with Crippen molar-refractivity contribution in [2.45, 2.75) is 62.5 Å². The van der Waals surface area contributed by atoms with Gasteiger partial charge in [0.2, 0.25) is 0 Å². The fraction of sp³-hybridized carbons (Fsp3) is 1.00. The van der Waals surface area contributed by atoms with Gasteiger partial charge in [-0.05, 0) is 70.5 Å². The van der Waals surface area contributed by atoms with Crippen molar-refractivity contribution in [3.05, 3.63) is 0 Å². The number of halogens is 1. The standard InChI is InChI=1S/C16H31ClN2O2/c17-14-1-3-16(4-2-14)21-12-15(20)7-10-19-8-5-13(11-18)6-9-19/h13-16,20H,1-12,18H2. The van der Waals surface area contributed by atoms with Gasteiger partial charge in [0.1, 0.15) is 0 Å². The lowest BCUT2D eigenvalue weighted by molar-refractivity contribution is -0.0284. The Morgan fingerprint density at radius 3 is 2.43 bits per heavy atom. The summed E-state index contributed by atoms with van der Waals surface area (Å²) in [4.78, 5) is 2.44. The number of ether oxygens (including phenoxy) is 1. The molecule has 0 aromatic rings. The van der Waals surface area contributed by atoms with Gasteiger partial charge in [-0.25, -0.2) is 0 Å². The monoisotopic (exact) mass is 318 g/mol. The van der Waals surface area contributed by atoms with Crippen molar-refractivity contribution in [2.75, 3.05) is 32.8 Å². The largest absolute Gasteiger partial charge is 0.391 e. The number of aliphatic hydroxyl groups excluding tert-OH is 1. The van der Waals surface area contributed by atoms with Crippen LogP contribution in [0.2, 0.25) is 0 Å². The van der Waals surface area contributed by atoms with Gasteiger partial charge in [-0.3, -0.25) is 0 Å². The van der Waals surface area contributed by atoms with Gasteiger partial charge in [0.05, 0.1) is 18.8 Å². The maximum absolute atomic E-state index is 10.1. The number of nitrogens with zero attached hydrogens (tertiary/aromatic N) is 1. The van der Waals surface area contributed by atoms with E-state index in [0.717, 1.165) is 58.3 Å². The molecule has 1 heterocycles. The smallest absolute Gasteiger partial charge is 0.0786 e. The van der Waals surface area contributed by atoms with Gasteiger partial charge in [-0.1, -0.05) is 0 Å². The highest BCUT2D eigenvalue weighted by Crippen LogP contribution is 2.25. The van der Waals surface area contributed by atoms with Gasteiger partial charge >= 0.3 is 0 Å². The SMILES string of the molecule is NCC1CCN(CCC(O)COC2CCC(Cl)CC2)CC1. The first kappa shape index (κ1) is 17.5. The fourth-order valence-electron chi connectivity index (χ4n) is 3.30. The summed E-state index contributed by atoms with van der Waals surface area (Å²) in [6.45, 7) is 4.49. The zero-order valence-electron chi connectivity index (χ0n) is 13.1. The Kier molecular flexibility index (Phi) is 7.75. The Bertz CT molecular complexity index is 277. The molecule has 1 atom stereocenters. The topological polar surface area (TPSA) is 58.7 Å². The molecule has 0 bridgehead atoms. The summed E-state index contributed by atoms with van der Waals surface area (Å²) >= 11 is 6.08. The Labute approximate surface area is 134 Å². The summed E-state index contributed by atoms with van der Waals surface area (Å²) in [7, 11) is 0. The van der Waals surface area contributed by atoms with Gasteiger partial charge in [-0.15, -0.1) is 11.6 Å². The van der Waals surface area contributed by atoms with Crippen LogP contribution < -0.4 is 5.73 Å². The Morgan fingerprint density at radius 2 is 1.81 bits per heavy atom. The van der Waals surface area contributed by atoms with Crippen LogP contribution in [0.3, 0.4) is 0 Å². The van der Waals surface area contributed by atoms with Crippen molar-refractivity contribution >= 4 is 11.6 Å². The Balaban J connectivity index is 1.52. The molecular formula is C16H31ClN2O2. The number of aliphatic hydroxyl groups is 1. The molecule has 3 N–H and O–H groups in total. The molecule has 0 aromatic heterocycles. The highest BCUT2D eigenvalue weighted by Gasteiger charge is 2.22. The predicted molar refractivity (Wildman–Crippen MR) is 86.7 cm³/mol. The molecule has 0 amide bonds. The van der Waals surface area contributed by atoms with Crippen LogP contribution in [0.15, 0.2) is 0 Å².